The number of hydrogen-bond acceptors (Lipinski definition) is 6. The van der Waals surface area contributed by atoms with Gasteiger partial charge in [-0.05, 0) is 31.5 Å². The van der Waals surface area contributed by atoms with Crippen molar-refractivity contribution in [2.45, 2.75) is 18.2 Å². The van der Waals surface area contributed by atoms with Crippen molar-refractivity contribution < 1.29 is 32.6 Å². The lowest BCUT2D eigenvalue weighted by Gasteiger charge is -2.27. The van der Waals surface area contributed by atoms with Crippen LogP contribution in [0.3, 0.4) is 0 Å². The number of aliphatic carboxylic acids is 1. The first-order valence-corrected chi connectivity index (χ1v) is 10.2. The Morgan fingerprint density at radius 1 is 1.30 bits per heavy atom. The molecule has 0 bridgehead atoms. The fraction of sp³-hybridized carbons (Fsp3) is 0.529. The number of hydrogen-bond donors (Lipinski definition) is 2. The SMILES string of the molecule is CCOc1ccc(NC(=O)C2CC2C(=O)O)cc1S(=O)(=O)N1CCOCC1. The molecule has 3 rings (SSSR count). The second-order valence-electron chi connectivity index (χ2n) is 6.39. The largest absolute Gasteiger partial charge is 0.492 e. The normalized spacial score (nSPS) is 22.9. The van der Waals surface area contributed by atoms with Gasteiger partial charge in [-0.3, -0.25) is 9.59 Å². The van der Waals surface area contributed by atoms with Gasteiger partial charge in [-0.2, -0.15) is 4.31 Å². The number of carboxylic acids is 1. The molecular weight excluding hydrogens is 376 g/mol. The Bertz CT molecular complexity index is 834. The van der Waals surface area contributed by atoms with E-state index in [4.69, 9.17) is 14.6 Å². The molecule has 2 aliphatic rings. The summed E-state index contributed by atoms with van der Waals surface area (Å²) in [7, 11) is -3.82. The van der Waals surface area contributed by atoms with Gasteiger partial charge in [-0.25, -0.2) is 8.42 Å². The van der Waals surface area contributed by atoms with Crippen LogP contribution < -0.4 is 10.1 Å². The van der Waals surface area contributed by atoms with Crippen molar-refractivity contribution in [2.75, 3.05) is 38.2 Å². The molecule has 1 saturated carbocycles. The summed E-state index contributed by atoms with van der Waals surface area (Å²) in [5, 5.41) is 11.5. The lowest BCUT2D eigenvalue weighted by Crippen LogP contribution is -2.40. The van der Waals surface area contributed by atoms with Crippen LogP contribution in [-0.4, -0.2) is 62.6 Å². The third-order valence-electron chi connectivity index (χ3n) is 4.54. The van der Waals surface area contributed by atoms with Crippen LogP contribution in [0.1, 0.15) is 13.3 Å². The minimum absolute atomic E-state index is 0.0327. The fourth-order valence-electron chi connectivity index (χ4n) is 2.98. The van der Waals surface area contributed by atoms with Crippen LogP contribution in [0.25, 0.3) is 0 Å². The maximum absolute atomic E-state index is 13.0. The van der Waals surface area contributed by atoms with Gasteiger partial charge < -0.3 is 19.9 Å². The van der Waals surface area contributed by atoms with E-state index in [1.54, 1.807) is 13.0 Å². The molecule has 1 aromatic carbocycles. The van der Waals surface area contributed by atoms with Crippen LogP contribution in [0.15, 0.2) is 23.1 Å². The van der Waals surface area contributed by atoms with Crippen LogP contribution in [-0.2, 0) is 24.3 Å². The molecule has 9 nitrogen and oxygen atoms in total. The van der Waals surface area contributed by atoms with Gasteiger partial charge in [0.25, 0.3) is 0 Å². The molecule has 148 valence electrons. The molecule has 1 amide bonds. The maximum Gasteiger partial charge on any atom is 0.307 e. The molecule has 27 heavy (non-hydrogen) atoms. The van der Waals surface area contributed by atoms with E-state index in [0.29, 0.717) is 19.8 Å². The van der Waals surface area contributed by atoms with E-state index in [0.717, 1.165) is 0 Å². The number of benzene rings is 1. The third kappa shape index (κ3) is 4.23. The van der Waals surface area contributed by atoms with E-state index in [1.165, 1.54) is 16.4 Å². The first kappa shape index (κ1) is 19.6. The molecule has 1 saturated heterocycles. The second kappa shape index (κ2) is 7.83. The highest BCUT2D eigenvalue weighted by atomic mass is 32.2. The first-order valence-electron chi connectivity index (χ1n) is 8.73. The minimum atomic E-state index is -3.82. The lowest BCUT2D eigenvalue weighted by molar-refractivity contribution is -0.139. The zero-order valence-electron chi connectivity index (χ0n) is 14.9. The average molecular weight is 398 g/mol. The van der Waals surface area contributed by atoms with Crippen molar-refractivity contribution in [3.8, 4) is 5.75 Å². The summed E-state index contributed by atoms with van der Waals surface area (Å²) in [4.78, 5) is 23.1. The molecule has 10 heteroatoms. The van der Waals surface area contributed by atoms with Gasteiger partial charge in [0.2, 0.25) is 15.9 Å². The summed E-state index contributed by atoms with van der Waals surface area (Å²) in [5.41, 5.74) is 0.284. The van der Waals surface area contributed by atoms with Crippen molar-refractivity contribution in [1.82, 2.24) is 4.31 Å². The van der Waals surface area contributed by atoms with E-state index in [1.807, 2.05) is 0 Å². The zero-order valence-corrected chi connectivity index (χ0v) is 15.7. The number of anilines is 1. The van der Waals surface area contributed by atoms with Crippen LogP contribution in [0, 0.1) is 11.8 Å². The number of sulfonamides is 1. The molecule has 1 aliphatic carbocycles. The Hall–Kier alpha value is -2.17. The number of ether oxygens (including phenoxy) is 2. The van der Waals surface area contributed by atoms with E-state index in [9.17, 15) is 18.0 Å². The zero-order chi connectivity index (χ0) is 19.6. The first-order chi connectivity index (χ1) is 12.8. The molecule has 2 fully saturated rings. The number of morpholine rings is 1. The third-order valence-corrected chi connectivity index (χ3v) is 6.46. The quantitative estimate of drug-likeness (QED) is 0.695. The Kier molecular flexibility index (Phi) is 5.68. The summed E-state index contributed by atoms with van der Waals surface area (Å²) in [6.45, 7) is 3.16. The van der Waals surface area contributed by atoms with E-state index >= 15 is 0 Å². The number of nitrogens with one attached hydrogen (secondary N) is 1. The molecule has 1 aromatic rings. The highest BCUT2D eigenvalue weighted by Gasteiger charge is 2.48. The fourth-order valence-corrected chi connectivity index (χ4v) is 4.55. The minimum Gasteiger partial charge on any atom is -0.492 e. The van der Waals surface area contributed by atoms with Crippen molar-refractivity contribution in [3.05, 3.63) is 18.2 Å². The van der Waals surface area contributed by atoms with Gasteiger partial charge >= 0.3 is 5.97 Å². The second-order valence-corrected chi connectivity index (χ2v) is 8.29. The molecule has 1 aliphatic heterocycles. The topological polar surface area (TPSA) is 122 Å². The lowest BCUT2D eigenvalue weighted by atomic mass is 10.2. The number of nitrogens with zero attached hydrogens (tertiary/aromatic N) is 1. The molecular formula is C17H22N2O7S. The van der Waals surface area contributed by atoms with Crippen molar-refractivity contribution >= 4 is 27.6 Å². The molecule has 1 heterocycles. The summed E-state index contributed by atoms with van der Waals surface area (Å²) in [6, 6.07) is 4.39. The Morgan fingerprint density at radius 2 is 2.00 bits per heavy atom. The highest BCUT2D eigenvalue weighted by Crippen LogP contribution is 2.40. The average Bonchev–Trinajstić information content (AvgIpc) is 3.45. The predicted molar refractivity (Wildman–Crippen MR) is 95.1 cm³/mol. The predicted octanol–water partition coefficient (Wildman–Crippen LogP) is 0.765. The van der Waals surface area contributed by atoms with Gasteiger partial charge in [0.1, 0.15) is 10.6 Å². The summed E-state index contributed by atoms with van der Waals surface area (Å²) in [6.07, 6.45) is 0.289. The Morgan fingerprint density at radius 3 is 2.59 bits per heavy atom. The van der Waals surface area contributed by atoms with Crippen molar-refractivity contribution in [2.24, 2.45) is 11.8 Å². The summed E-state index contributed by atoms with van der Waals surface area (Å²) >= 11 is 0. The van der Waals surface area contributed by atoms with E-state index in [-0.39, 0.29) is 35.8 Å². The number of carbonyl (C=O) groups excluding carboxylic acids is 1. The Labute approximate surface area is 157 Å². The summed E-state index contributed by atoms with van der Waals surface area (Å²) < 4.78 is 38.0. The standard InChI is InChI=1S/C17H22N2O7S/c1-2-26-14-4-3-11(18-16(20)12-10-13(12)17(21)22)9-15(14)27(23,24)19-5-7-25-8-6-19/h3-4,9,12-13H,2,5-8,10H2,1H3,(H,18,20)(H,21,22). The number of carboxylic acid groups (broad SMARTS) is 1. The smallest absolute Gasteiger partial charge is 0.307 e. The van der Waals surface area contributed by atoms with Crippen LogP contribution in [0.2, 0.25) is 0 Å². The molecule has 2 unspecified atom stereocenters. The van der Waals surface area contributed by atoms with E-state index < -0.39 is 33.7 Å². The molecule has 0 spiro atoms. The van der Waals surface area contributed by atoms with Gasteiger partial charge in [0.15, 0.2) is 0 Å². The number of rotatable bonds is 7. The summed E-state index contributed by atoms with van der Waals surface area (Å²) in [5.74, 6) is -2.49. The Balaban J connectivity index is 1.84. The highest BCUT2D eigenvalue weighted by molar-refractivity contribution is 7.89. The number of carbonyl (C=O) groups is 2. The molecule has 0 aromatic heterocycles. The van der Waals surface area contributed by atoms with Gasteiger partial charge in [0, 0.05) is 18.8 Å². The van der Waals surface area contributed by atoms with Gasteiger partial charge in [-0.15, -0.1) is 0 Å². The van der Waals surface area contributed by atoms with E-state index in [2.05, 4.69) is 5.32 Å². The molecule has 2 N–H and O–H groups in total. The van der Waals surface area contributed by atoms with Crippen LogP contribution in [0.4, 0.5) is 5.69 Å². The monoisotopic (exact) mass is 398 g/mol. The number of amides is 1. The maximum atomic E-state index is 13.0. The van der Waals surface area contributed by atoms with Crippen molar-refractivity contribution in [3.63, 3.8) is 0 Å². The van der Waals surface area contributed by atoms with Crippen molar-refractivity contribution in [1.29, 1.82) is 0 Å². The molecule has 0 radical (unpaired) electrons. The van der Waals surface area contributed by atoms with Crippen LogP contribution >= 0.6 is 0 Å². The van der Waals surface area contributed by atoms with Gasteiger partial charge in [-0.1, -0.05) is 0 Å². The van der Waals surface area contributed by atoms with Gasteiger partial charge in [0.05, 0.1) is 31.7 Å². The molecule has 2 atom stereocenters. The van der Waals surface area contributed by atoms with Crippen LogP contribution in [0.5, 0.6) is 5.75 Å².